The first kappa shape index (κ1) is 25.1. The second-order valence-corrected chi connectivity index (χ2v) is 8.46. The van der Waals surface area contributed by atoms with Crippen LogP contribution in [0.2, 0.25) is 0 Å². The Kier molecular flexibility index (Phi) is 16.2. The molecule has 1 aromatic rings. The van der Waals surface area contributed by atoms with Crippen LogP contribution in [-0.2, 0) is 0 Å². The van der Waals surface area contributed by atoms with Crippen LogP contribution >= 0.6 is 12.6 Å². The monoisotopic (exact) mass is 405 g/mol. The minimum Gasteiger partial charge on any atom is -0.304 e. The summed E-state index contributed by atoms with van der Waals surface area (Å²) in [4.78, 5) is 13.5. The number of benzene rings is 1. The van der Waals surface area contributed by atoms with Crippen LogP contribution < -0.4 is 4.90 Å². The molecule has 3 heteroatoms. The molecule has 0 N–H and O–H groups in total. The molecule has 1 aromatic carbocycles. The van der Waals surface area contributed by atoms with E-state index in [4.69, 9.17) is 0 Å². The van der Waals surface area contributed by atoms with Gasteiger partial charge in [-0.25, -0.2) is 0 Å². The molecule has 1 amide bonds. The van der Waals surface area contributed by atoms with Crippen molar-refractivity contribution < 1.29 is 4.79 Å². The summed E-state index contributed by atoms with van der Waals surface area (Å²) in [7, 11) is 0. The molecule has 0 saturated carbocycles. The second-order valence-electron chi connectivity index (χ2n) is 8.07. The number of rotatable bonds is 18. The van der Waals surface area contributed by atoms with Gasteiger partial charge in [0, 0.05) is 12.2 Å². The summed E-state index contributed by atoms with van der Waals surface area (Å²) < 4.78 is 0. The van der Waals surface area contributed by atoms with Gasteiger partial charge in [-0.3, -0.25) is 4.79 Å². The van der Waals surface area contributed by atoms with E-state index in [0.717, 1.165) is 18.7 Å². The summed E-state index contributed by atoms with van der Waals surface area (Å²) in [6.07, 6.45) is 21.8. The fourth-order valence-electron chi connectivity index (χ4n) is 3.76. The van der Waals surface area contributed by atoms with Gasteiger partial charge in [-0.1, -0.05) is 134 Å². The van der Waals surface area contributed by atoms with Crippen LogP contribution in [0.1, 0.15) is 110 Å². The van der Waals surface area contributed by atoms with Crippen LogP contribution in [0.15, 0.2) is 30.3 Å². The van der Waals surface area contributed by atoms with Crippen LogP contribution in [0.5, 0.6) is 0 Å². The van der Waals surface area contributed by atoms with E-state index in [-0.39, 0.29) is 5.24 Å². The number of nitrogens with zero attached hydrogens (tertiary/aromatic N) is 1. The van der Waals surface area contributed by atoms with Crippen LogP contribution in [0.25, 0.3) is 0 Å². The lowest BCUT2D eigenvalue weighted by molar-refractivity contribution is 0.265. The van der Waals surface area contributed by atoms with Gasteiger partial charge in [-0.2, -0.15) is 0 Å². The molecule has 1 rings (SSSR count). The SMILES string of the molecule is CCCCCCCCCCCCCCCCCCN(C(=O)S)c1ccccc1. The quantitative estimate of drug-likeness (QED) is 0.191. The molecule has 0 fully saturated rings. The smallest absolute Gasteiger partial charge is 0.282 e. The van der Waals surface area contributed by atoms with Gasteiger partial charge < -0.3 is 4.90 Å². The molecular formula is C25H43NOS. The normalized spacial score (nSPS) is 10.9. The zero-order valence-corrected chi connectivity index (χ0v) is 19.1. The Labute approximate surface area is 179 Å². The van der Waals surface area contributed by atoms with Gasteiger partial charge in [0.05, 0.1) is 0 Å². The number of unbranched alkanes of at least 4 members (excludes halogenated alkanes) is 15. The number of para-hydroxylation sites is 1. The van der Waals surface area contributed by atoms with Gasteiger partial charge in [-0.15, -0.1) is 0 Å². The summed E-state index contributed by atoms with van der Waals surface area (Å²) >= 11 is 4.02. The van der Waals surface area contributed by atoms with Gasteiger partial charge >= 0.3 is 0 Å². The minimum absolute atomic E-state index is 0.160. The average Bonchev–Trinajstić information content (AvgIpc) is 2.70. The number of thiol groups is 1. The van der Waals surface area contributed by atoms with E-state index >= 15 is 0 Å². The Morgan fingerprint density at radius 3 is 1.46 bits per heavy atom. The highest BCUT2D eigenvalue weighted by atomic mass is 32.1. The first-order valence-electron chi connectivity index (χ1n) is 11.8. The summed E-state index contributed by atoms with van der Waals surface area (Å²) in [5.41, 5.74) is 0.948. The molecule has 2 nitrogen and oxygen atoms in total. The first-order valence-corrected chi connectivity index (χ1v) is 12.3. The lowest BCUT2D eigenvalue weighted by Crippen LogP contribution is -2.26. The Balaban J connectivity index is 1.88. The van der Waals surface area contributed by atoms with E-state index in [9.17, 15) is 4.79 Å². The van der Waals surface area contributed by atoms with E-state index < -0.39 is 0 Å². The zero-order chi connectivity index (χ0) is 20.3. The van der Waals surface area contributed by atoms with Gasteiger partial charge in [0.2, 0.25) is 0 Å². The Morgan fingerprint density at radius 1 is 0.679 bits per heavy atom. The lowest BCUT2D eigenvalue weighted by Gasteiger charge is -2.20. The Morgan fingerprint density at radius 2 is 1.07 bits per heavy atom. The number of amides is 1. The Hall–Kier alpha value is -0.960. The average molecular weight is 406 g/mol. The third kappa shape index (κ3) is 13.3. The molecule has 0 radical (unpaired) electrons. The van der Waals surface area contributed by atoms with Crippen molar-refractivity contribution in [2.24, 2.45) is 0 Å². The Bertz CT molecular complexity index is 477. The highest BCUT2D eigenvalue weighted by Gasteiger charge is 2.10. The first-order chi connectivity index (χ1) is 13.8. The topological polar surface area (TPSA) is 20.3 Å². The molecule has 0 bridgehead atoms. The summed E-state index contributed by atoms with van der Waals surface area (Å²) in [6, 6.07) is 9.85. The van der Waals surface area contributed by atoms with E-state index in [1.54, 1.807) is 4.90 Å². The summed E-state index contributed by atoms with van der Waals surface area (Å²) in [5.74, 6) is 0. The minimum atomic E-state index is -0.160. The molecule has 0 aliphatic heterocycles. The molecule has 28 heavy (non-hydrogen) atoms. The molecule has 160 valence electrons. The standard InChI is InChI=1S/C25H43NOS/c1-2-3-4-5-6-7-8-9-10-11-12-13-14-15-16-20-23-26(25(27)28)24-21-18-17-19-22-24/h17-19,21-22H,2-16,20,23H2,1H3,(H,27,28). The highest BCUT2D eigenvalue weighted by Crippen LogP contribution is 2.17. The molecule has 0 aromatic heterocycles. The van der Waals surface area contributed by atoms with Crippen molar-refractivity contribution in [3.8, 4) is 0 Å². The summed E-state index contributed by atoms with van der Waals surface area (Å²) in [6.45, 7) is 3.05. The number of carbonyl (C=O) groups excluding carboxylic acids is 1. The van der Waals surface area contributed by atoms with Crippen molar-refractivity contribution in [2.45, 2.75) is 110 Å². The van der Waals surface area contributed by atoms with E-state index in [1.165, 1.54) is 96.3 Å². The van der Waals surface area contributed by atoms with Gasteiger partial charge in [0.15, 0.2) is 0 Å². The molecule has 0 atom stereocenters. The van der Waals surface area contributed by atoms with E-state index in [0.29, 0.717) is 0 Å². The van der Waals surface area contributed by atoms with Gasteiger partial charge in [0.25, 0.3) is 5.24 Å². The molecule has 0 unspecified atom stereocenters. The maximum atomic E-state index is 11.7. The number of carbonyl (C=O) groups is 1. The lowest BCUT2D eigenvalue weighted by atomic mass is 10.0. The number of anilines is 1. The van der Waals surface area contributed by atoms with Crippen molar-refractivity contribution in [1.82, 2.24) is 0 Å². The highest BCUT2D eigenvalue weighted by molar-refractivity contribution is 7.96. The van der Waals surface area contributed by atoms with Crippen LogP contribution in [0.3, 0.4) is 0 Å². The fraction of sp³-hybridized carbons (Fsp3) is 0.720. The fourth-order valence-corrected chi connectivity index (χ4v) is 3.98. The molecule has 0 heterocycles. The van der Waals surface area contributed by atoms with Crippen LogP contribution in [0.4, 0.5) is 10.5 Å². The van der Waals surface area contributed by atoms with Crippen LogP contribution in [0, 0.1) is 0 Å². The third-order valence-electron chi connectivity index (χ3n) is 5.53. The largest absolute Gasteiger partial charge is 0.304 e. The van der Waals surface area contributed by atoms with Crippen molar-refractivity contribution in [1.29, 1.82) is 0 Å². The predicted molar refractivity (Wildman–Crippen MR) is 128 cm³/mol. The zero-order valence-electron chi connectivity index (χ0n) is 18.2. The van der Waals surface area contributed by atoms with Gasteiger partial charge in [-0.05, 0) is 18.6 Å². The maximum Gasteiger partial charge on any atom is 0.282 e. The molecule has 0 aliphatic carbocycles. The summed E-state index contributed by atoms with van der Waals surface area (Å²) in [5, 5.41) is -0.160. The molecule has 0 saturated heterocycles. The van der Waals surface area contributed by atoms with Crippen molar-refractivity contribution >= 4 is 23.6 Å². The molecule has 0 aliphatic rings. The van der Waals surface area contributed by atoms with Crippen molar-refractivity contribution in [3.63, 3.8) is 0 Å². The second kappa shape index (κ2) is 18.1. The number of hydrogen-bond acceptors (Lipinski definition) is 1. The third-order valence-corrected chi connectivity index (χ3v) is 5.78. The predicted octanol–water partition coefficient (Wildman–Crippen LogP) is 8.80. The van der Waals surface area contributed by atoms with Crippen LogP contribution in [-0.4, -0.2) is 11.8 Å². The number of hydrogen-bond donors (Lipinski definition) is 1. The van der Waals surface area contributed by atoms with Crippen molar-refractivity contribution in [3.05, 3.63) is 30.3 Å². The van der Waals surface area contributed by atoms with Gasteiger partial charge in [0.1, 0.15) is 0 Å². The maximum absolute atomic E-state index is 11.7. The molecular weight excluding hydrogens is 362 g/mol. The molecule has 0 spiro atoms. The van der Waals surface area contributed by atoms with E-state index in [1.807, 2.05) is 30.3 Å². The van der Waals surface area contributed by atoms with E-state index in [2.05, 4.69) is 19.6 Å². The van der Waals surface area contributed by atoms with Crippen molar-refractivity contribution in [2.75, 3.05) is 11.4 Å².